The van der Waals surface area contributed by atoms with Gasteiger partial charge in [0, 0.05) is 66.7 Å². The molecule has 0 radical (unpaired) electrons. The van der Waals surface area contributed by atoms with Gasteiger partial charge in [0.15, 0.2) is 0 Å². The van der Waals surface area contributed by atoms with E-state index in [2.05, 4.69) is 31.9 Å². The van der Waals surface area contributed by atoms with Crippen molar-refractivity contribution in [2.75, 3.05) is 43.2 Å². The van der Waals surface area contributed by atoms with Crippen LogP contribution >= 0.6 is 11.8 Å². The first-order valence-electron chi connectivity index (χ1n) is 33.1. The number of esters is 2. The molecule has 7 aromatic rings. The molecule has 4 aliphatic rings. The Hall–Kier alpha value is -11.1. The predicted molar refractivity (Wildman–Crippen MR) is 370 cm³/mol. The second kappa shape index (κ2) is 30.6. The third-order valence-electron chi connectivity index (χ3n) is 18.6. The average Bonchev–Trinajstić information content (AvgIpc) is 1.61. The fraction of sp³-hybridized carbons (Fsp3) is 0.338. The highest BCUT2D eigenvalue weighted by Crippen LogP contribution is 2.47. The number of ether oxygens (including phenoxy) is 3. The maximum Gasteiger partial charge on any atom is 0.410 e. The number of carbonyl (C=O) groups is 11. The number of unbranched alkanes of at least 4 members (excludes halogenated alkanes) is 1. The van der Waals surface area contributed by atoms with Crippen LogP contribution in [0, 0.1) is 19.7 Å². The van der Waals surface area contributed by atoms with E-state index in [1.165, 1.54) is 46.5 Å². The number of pyridine rings is 2. The van der Waals surface area contributed by atoms with Crippen LogP contribution in [-0.4, -0.2) is 124 Å². The van der Waals surface area contributed by atoms with Gasteiger partial charge in [-0.3, -0.25) is 43.2 Å². The topological polar surface area (TPSA) is 329 Å². The molecule has 1 fully saturated rings. The zero-order chi connectivity index (χ0) is 72.0. The Morgan fingerprint density at radius 3 is 2.27 bits per heavy atom. The Bertz CT molecular complexity index is 4600. The van der Waals surface area contributed by atoms with Crippen LogP contribution in [-0.2, 0) is 97.3 Å². The van der Waals surface area contributed by atoms with E-state index in [1.54, 1.807) is 118 Å². The summed E-state index contributed by atoms with van der Waals surface area (Å²) in [6.07, 6.45) is 3.74. The molecule has 1 aliphatic carbocycles. The number of benzene rings is 5. The molecule has 3 aliphatic heterocycles. The molecule has 11 rings (SSSR count). The minimum absolute atomic E-state index is 0.00641. The Morgan fingerprint density at radius 1 is 0.802 bits per heavy atom. The Labute approximate surface area is 584 Å². The predicted octanol–water partition coefficient (Wildman–Crippen LogP) is 7.09. The smallest absolute Gasteiger partial charge is 0.410 e. The number of aryl methyl sites for hydroxylation is 2. The molecule has 1 saturated heterocycles. The minimum Gasteiger partial charge on any atom is -0.457 e. The summed E-state index contributed by atoms with van der Waals surface area (Å²) in [6, 6.07) is 27.3. The summed E-state index contributed by atoms with van der Waals surface area (Å²) in [5.41, 5.74) is 4.14. The number of nitrogens with one attached hydrogen (secondary N) is 6. The lowest BCUT2D eigenvalue weighted by atomic mass is 9.81. The summed E-state index contributed by atoms with van der Waals surface area (Å²) in [6.45, 7) is 4.71. The number of cyclic esters (lactones) is 1. The van der Waals surface area contributed by atoms with Crippen molar-refractivity contribution in [3.05, 3.63) is 192 Å². The molecule has 6 N–H and O–H groups in total. The molecule has 4 atom stereocenters. The average molecular weight is 1400 g/mol. The van der Waals surface area contributed by atoms with E-state index in [-0.39, 0.29) is 78.7 Å². The van der Waals surface area contributed by atoms with Crippen LogP contribution in [0.3, 0.4) is 0 Å². The van der Waals surface area contributed by atoms with Gasteiger partial charge < -0.3 is 55.6 Å². The summed E-state index contributed by atoms with van der Waals surface area (Å²) in [7, 11) is 1.46. The normalized spacial score (nSPS) is 16.6. The Morgan fingerprint density at radius 2 is 1.53 bits per heavy atom. The third kappa shape index (κ3) is 15.1. The lowest BCUT2D eigenvalue weighted by molar-refractivity contribution is -0.173. The maximum absolute atomic E-state index is 15.6. The van der Waals surface area contributed by atoms with Crippen molar-refractivity contribution in [2.45, 2.75) is 128 Å². The van der Waals surface area contributed by atoms with Gasteiger partial charge in [0.1, 0.15) is 25.1 Å². The molecule has 9 amide bonds. The summed E-state index contributed by atoms with van der Waals surface area (Å²) in [5.74, 6) is -6.63. The molecule has 101 heavy (non-hydrogen) atoms. The zero-order valence-corrected chi connectivity index (χ0v) is 57.2. The Kier molecular flexibility index (Phi) is 21.6. The molecule has 0 spiro atoms. The summed E-state index contributed by atoms with van der Waals surface area (Å²) >= 11 is 1.26. The number of aromatic nitrogens is 2. The molecule has 524 valence electrons. The first-order chi connectivity index (χ1) is 48.5. The van der Waals surface area contributed by atoms with E-state index in [9.17, 15) is 57.5 Å². The number of thioether (sulfide) groups is 1. The van der Waals surface area contributed by atoms with Crippen molar-refractivity contribution in [1.29, 1.82) is 0 Å². The zero-order valence-electron chi connectivity index (χ0n) is 56.4. The molecule has 5 aromatic carbocycles. The van der Waals surface area contributed by atoms with Gasteiger partial charge in [0.25, 0.3) is 11.5 Å². The van der Waals surface area contributed by atoms with E-state index >= 15 is 4.39 Å². The molecule has 27 heteroatoms. The van der Waals surface area contributed by atoms with Gasteiger partial charge in [-0.25, -0.2) is 28.7 Å². The number of anilines is 2. The molecule has 0 bridgehead atoms. The van der Waals surface area contributed by atoms with Crippen molar-refractivity contribution in [1.82, 2.24) is 41.0 Å². The lowest BCUT2D eigenvalue weighted by Crippen LogP contribution is -2.52. The number of rotatable bonds is 25. The van der Waals surface area contributed by atoms with Gasteiger partial charge in [-0.05, 0) is 121 Å². The summed E-state index contributed by atoms with van der Waals surface area (Å²) in [5, 5.41) is 16.1. The number of fused-ring (bicyclic) bond motifs is 5. The van der Waals surface area contributed by atoms with Gasteiger partial charge >= 0.3 is 18.0 Å². The van der Waals surface area contributed by atoms with Crippen LogP contribution in [0.2, 0.25) is 0 Å². The maximum atomic E-state index is 15.6. The first kappa shape index (κ1) is 71.2. The van der Waals surface area contributed by atoms with Crippen LogP contribution in [0.5, 0.6) is 0 Å². The third-order valence-corrected chi connectivity index (χ3v) is 19.5. The molecule has 1 unspecified atom stereocenters. The van der Waals surface area contributed by atoms with Crippen LogP contribution in [0.25, 0.3) is 22.3 Å². The largest absolute Gasteiger partial charge is 0.457 e. The highest BCUT2D eigenvalue weighted by Gasteiger charge is 2.51. The number of carbonyl (C=O) groups excluding carboxylic acids is 11. The highest BCUT2D eigenvalue weighted by atomic mass is 32.2. The minimum atomic E-state index is -2.11. The molecule has 25 nitrogen and oxygen atoms in total. The Balaban J connectivity index is 0.676. The fourth-order valence-corrected chi connectivity index (χ4v) is 13.8. The van der Waals surface area contributed by atoms with Gasteiger partial charge in [0.05, 0.1) is 71.2 Å². The quantitative estimate of drug-likeness (QED) is 0.0189. The monoisotopic (exact) mass is 1390 g/mol. The van der Waals surface area contributed by atoms with Crippen molar-refractivity contribution >= 4 is 99.3 Å². The molecule has 5 heterocycles. The van der Waals surface area contributed by atoms with Crippen molar-refractivity contribution in [3.63, 3.8) is 0 Å². The molecular weight excluding hydrogens is 1320 g/mol. The second-order valence-electron chi connectivity index (χ2n) is 25.2. The van der Waals surface area contributed by atoms with E-state index in [0.717, 1.165) is 27.8 Å². The number of imide groups is 1. The standard InChI is InChI=1S/C74H75FN10O15S/c1-7-9-19-59(86)80-54-27-26-47-41(4)53(75)31-55-64(47)65(54)50-37-84-57(66(50)82-55)30-52-51(69(84)93)39-98-72(96)74(52,8-2)100-71(95)48-18-14-13-17-44(48)36-83(5)73(97)99-38-43-21-23-45(24-22-43)79-61(88)35-78-68(92)56(28-42-15-11-10-12-16-42)81-62(89)34-76-60(87)33-77-67(91)49-29-46(25-20-40(49)3)85-63(90)32-58(101-6)70(85)94/h10-18,20-25,29-31,54,56,58H,7-9,19,26-28,32-39H2,1-6H3,(H,76,87)(H,77,91)(H,78,92)(H,79,88)(H,80,86)(H,81,89)/t54-,56-,58?,74-/m0/s1. The number of hydrogen-bond donors (Lipinski definition) is 6. The summed E-state index contributed by atoms with van der Waals surface area (Å²) < 4.78 is 34.7. The van der Waals surface area contributed by atoms with Crippen LogP contribution in [0.4, 0.5) is 20.6 Å². The van der Waals surface area contributed by atoms with Crippen molar-refractivity contribution in [2.24, 2.45) is 0 Å². The lowest BCUT2D eigenvalue weighted by Gasteiger charge is -2.35. The number of nitrogens with zero attached hydrogens (tertiary/aromatic N) is 4. The van der Waals surface area contributed by atoms with Crippen LogP contribution in [0.1, 0.15) is 135 Å². The SMILES string of the molecule is CCCCC(=O)N[C@H]1CCc2c(C)c(F)cc3nc4c(c1c23)Cn1c-4cc2c(c1=O)COC(=O)[C@@]2(CC)OC(=O)c1ccccc1CN(C)C(=O)OCc1ccc(NC(=O)CNC(=O)[C@H](Cc2ccccc2)NC(=O)CNC(=O)CNC(=O)c2cc(N3C(=O)CC(SC)C3=O)ccc2C)cc1. The number of amides is 9. The molecular formula is C74H75FN10O15S. The van der Waals surface area contributed by atoms with Crippen LogP contribution in [0.15, 0.2) is 114 Å². The number of hydrogen-bond acceptors (Lipinski definition) is 17. The molecule has 0 saturated carbocycles. The van der Waals surface area contributed by atoms with Gasteiger partial charge in [-0.15, -0.1) is 0 Å². The highest BCUT2D eigenvalue weighted by molar-refractivity contribution is 8.00. The fourth-order valence-electron chi connectivity index (χ4n) is 13.1. The van der Waals surface area contributed by atoms with Gasteiger partial charge in [-0.2, -0.15) is 11.8 Å². The number of halogens is 1. The van der Waals surface area contributed by atoms with E-state index < -0.39 is 114 Å². The van der Waals surface area contributed by atoms with Crippen molar-refractivity contribution in [3.8, 4) is 11.4 Å². The second-order valence-corrected chi connectivity index (χ2v) is 26.3. The van der Waals surface area contributed by atoms with E-state index in [4.69, 9.17) is 19.2 Å². The first-order valence-corrected chi connectivity index (χ1v) is 34.4. The van der Waals surface area contributed by atoms with E-state index in [1.807, 2.05) is 6.92 Å². The van der Waals surface area contributed by atoms with Gasteiger partial charge in [-0.1, -0.05) is 87.0 Å². The summed E-state index contributed by atoms with van der Waals surface area (Å²) in [4.78, 5) is 169. The molecule has 2 aromatic heterocycles. The van der Waals surface area contributed by atoms with Gasteiger partial charge in [0.2, 0.25) is 47.0 Å². The van der Waals surface area contributed by atoms with E-state index in [0.29, 0.717) is 81.7 Å². The van der Waals surface area contributed by atoms with Crippen LogP contribution < -0.4 is 42.4 Å². The van der Waals surface area contributed by atoms with Crippen molar-refractivity contribution < 1.29 is 71.3 Å².